The van der Waals surface area contributed by atoms with E-state index < -0.39 is 11.7 Å². The summed E-state index contributed by atoms with van der Waals surface area (Å²) in [6.45, 7) is 4.43. The summed E-state index contributed by atoms with van der Waals surface area (Å²) in [7, 11) is 0. The molecule has 0 amide bonds. The molecule has 2 aromatic rings. The molecule has 1 aliphatic rings. The molecule has 0 saturated heterocycles. The Morgan fingerprint density at radius 2 is 1.86 bits per heavy atom. The Hall–Kier alpha value is -2.11. The van der Waals surface area contributed by atoms with Crippen LogP contribution in [-0.2, 0) is 19.1 Å². The first-order valence-electron chi connectivity index (χ1n) is 6.72. The molecule has 0 aliphatic heterocycles. The van der Waals surface area contributed by atoms with E-state index in [1.165, 1.54) is 12.1 Å². The van der Waals surface area contributed by atoms with E-state index >= 15 is 0 Å². The first-order chi connectivity index (χ1) is 9.95. The quantitative estimate of drug-likeness (QED) is 0.845. The normalized spacial score (nSPS) is 15.1. The maximum absolute atomic E-state index is 12.5. The van der Waals surface area contributed by atoms with Crippen LogP contribution in [0.5, 0.6) is 0 Å². The minimum Gasteiger partial charge on any atom is -0.240 e. The van der Waals surface area contributed by atoms with Gasteiger partial charge in [-0.1, -0.05) is 23.9 Å². The first-order valence-corrected chi connectivity index (χ1v) is 6.72. The number of benzene rings is 1. The highest BCUT2D eigenvalue weighted by atomic mass is 19.4. The van der Waals surface area contributed by atoms with E-state index in [1.807, 2.05) is 0 Å². The predicted molar refractivity (Wildman–Crippen MR) is 72.5 cm³/mol. The minimum absolute atomic E-state index is 0.402. The number of hydrogen-bond donors (Lipinski definition) is 0. The molecule has 0 saturated carbocycles. The summed E-state index contributed by atoms with van der Waals surface area (Å²) in [6, 6.07) is 5.13. The first kappa shape index (κ1) is 13.9. The second-order valence-corrected chi connectivity index (χ2v) is 5.19. The molecule has 0 atom stereocenters. The molecule has 1 aromatic carbocycles. The predicted octanol–water partition coefficient (Wildman–Crippen LogP) is 3.69. The van der Waals surface area contributed by atoms with Crippen LogP contribution in [0.25, 0.3) is 5.57 Å². The third kappa shape index (κ3) is 2.70. The van der Waals surface area contributed by atoms with Crippen molar-refractivity contribution in [3.05, 3.63) is 53.4 Å². The summed E-state index contributed by atoms with van der Waals surface area (Å²) in [5, 5.41) is 8.23. The van der Waals surface area contributed by atoms with Gasteiger partial charge in [0.2, 0.25) is 0 Å². The third-order valence-electron chi connectivity index (χ3n) is 3.65. The zero-order chi connectivity index (χ0) is 15.0. The van der Waals surface area contributed by atoms with Crippen molar-refractivity contribution < 1.29 is 13.2 Å². The average Bonchev–Trinajstić information content (AvgIpc) is 2.83. The van der Waals surface area contributed by atoms with Crippen molar-refractivity contribution in [1.82, 2.24) is 15.0 Å². The van der Waals surface area contributed by atoms with Crippen molar-refractivity contribution in [3.8, 4) is 0 Å². The number of aromatic nitrogens is 3. The van der Waals surface area contributed by atoms with Crippen LogP contribution in [0.4, 0.5) is 13.2 Å². The minimum atomic E-state index is -4.31. The molecule has 0 spiro atoms. The molecule has 0 radical (unpaired) electrons. The van der Waals surface area contributed by atoms with Crippen LogP contribution in [0.1, 0.15) is 35.4 Å². The van der Waals surface area contributed by atoms with Crippen molar-refractivity contribution in [2.75, 3.05) is 0 Å². The lowest BCUT2D eigenvalue weighted by molar-refractivity contribution is -0.137. The van der Waals surface area contributed by atoms with E-state index in [-0.39, 0.29) is 0 Å². The number of hydrogen-bond acceptors (Lipinski definition) is 2. The van der Waals surface area contributed by atoms with Gasteiger partial charge in [0.25, 0.3) is 0 Å². The highest BCUT2D eigenvalue weighted by molar-refractivity contribution is 5.63. The molecule has 0 fully saturated rings. The Labute approximate surface area is 120 Å². The number of nitrogens with zero attached hydrogens (tertiary/aromatic N) is 3. The molecule has 1 heterocycles. The van der Waals surface area contributed by atoms with Gasteiger partial charge < -0.3 is 0 Å². The summed E-state index contributed by atoms with van der Waals surface area (Å²) < 4.78 is 39.3. The van der Waals surface area contributed by atoms with Gasteiger partial charge >= 0.3 is 6.18 Å². The molecule has 1 aliphatic carbocycles. The van der Waals surface area contributed by atoms with Crippen molar-refractivity contribution in [3.63, 3.8) is 0 Å². The summed E-state index contributed by atoms with van der Waals surface area (Å²) in [5.74, 6) is 0. The molecule has 3 rings (SSSR count). The number of allylic oxidation sites excluding steroid dienone is 1. The number of aryl methyl sites for hydroxylation is 1. The monoisotopic (exact) mass is 293 g/mol. The summed E-state index contributed by atoms with van der Waals surface area (Å²) in [5.41, 5.74) is 2.97. The zero-order valence-electron chi connectivity index (χ0n) is 11.3. The van der Waals surface area contributed by atoms with E-state index in [2.05, 4.69) is 16.9 Å². The van der Waals surface area contributed by atoms with Crippen molar-refractivity contribution in [2.24, 2.45) is 0 Å². The van der Waals surface area contributed by atoms with Gasteiger partial charge in [-0.2, -0.15) is 13.2 Å². The van der Waals surface area contributed by atoms with Crippen LogP contribution in [0.3, 0.4) is 0 Å². The molecule has 0 N–H and O–H groups in total. The molecular weight excluding hydrogens is 279 g/mol. The largest absolute Gasteiger partial charge is 0.416 e. The lowest BCUT2D eigenvalue weighted by Crippen LogP contribution is -2.10. The van der Waals surface area contributed by atoms with Gasteiger partial charge in [-0.3, -0.25) is 0 Å². The molecule has 6 heteroatoms. The van der Waals surface area contributed by atoms with Crippen LogP contribution in [0, 0.1) is 0 Å². The molecule has 0 unspecified atom stereocenters. The smallest absolute Gasteiger partial charge is 0.240 e. The fourth-order valence-corrected chi connectivity index (χ4v) is 2.57. The number of fused-ring (bicyclic) bond motifs is 1. The van der Waals surface area contributed by atoms with Gasteiger partial charge in [0, 0.05) is 0 Å². The Morgan fingerprint density at radius 1 is 1.14 bits per heavy atom. The van der Waals surface area contributed by atoms with E-state index in [0.29, 0.717) is 6.54 Å². The molecule has 1 aromatic heterocycles. The van der Waals surface area contributed by atoms with Crippen molar-refractivity contribution >= 4 is 5.57 Å². The summed E-state index contributed by atoms with van der Waals surface area (Å²) >= 11 is 0. The molecule has 3 nitrogen and oxygen atoms in total. The van der Waals surface area contributed by atoms with Crippen LogP contribution in [0.15, 0.2) is 30.8 Å². The standard InChI is InChI=1S/C15H14F3N3/c1-10-3-2-4-13-14(10)21(20-19-13)9-11-5-7-12(8-6-11)15(16,17)18/h5-8H,1-4,9H2. The number of rotatable bonds is 2. The zero-order valence-corrected chi connectivity index (χ0v) is 11.3. The van der Waals surface area contributed by atoms with Crippen molar-refractivity contribution in [2.45, 2.75) is 32.0 Å². The molecular formula is C15H14F3N3. The highest BCUT2D eigenvalue weighted by Gasteiger charge is 2.30. The second kappa shape index (κ2) is 5.02. The van der Waals surface area contributed by atoms with Gasteiger partial charge in [-0.25, -0.2) is 4.68 Å². The Balaban J connectivity index is 1.85. The fourth-order valence-electron chi connectivity index (χ4n) is 2.57. The van der Waals surface area contributed by atoms with Crippen LogP contribution in [0.2, 0.25) is 0 Å². The second-order valence-electron chi connectivity index (χ2n) is 5.19. The lowest BCUT2D eigenvalue weighted by atomic mass is 9.96. The van der Waals surface area contributed by atoms with Gasteiger partial charge in [0.15, 0.2) is 0 Å². The Kier molecular flexibility index (Phi) is 3.31. The van der Waals surface area contributed by atoms with Crippen LogP contribution < -0.4 is 0 Å². The fraction of sp³-hybridized carbons (Fsp3) is 0.333. The molecule has 0 bridgehead atoms. The number of halogens is 3. The van der Waals surface area contributed by atoms with Gasteiger partial charge in [0.1, 0.15) is 0 Å². The molecule has 110 valence electrons. The van der Waals surface area contributed by atoms with Crippen LogP contribution >= 0.6 is 0 Å². The van der Waals surface area contributed by atoms with Gasteiger partial charge in [-0.05, 0) is 42.5 Å². The van der Waals surface area contributed by atoms with E-state index in [9.17, 15) is 13.2 Å². The molecule has 21 heavy (non-hydrogen) atoms. The third-order valence-corrected chi connectivity index (χ3v) is 3.65. The van der Waals surface area contributed by atoms with E-state index in [0.717, 1.165) is 53.9 Å². The summed E-state index contributed by atoms with van der Waals surface area (Å²) in [6.07, 6.45) is -1.50. The van der Waals surface area contributed by atoms with Crippen LogP contribution in [-0.4, -0.2) is 15.0 Å². The SMILES string of the molecule is C=C1CCCc2nnn(Cc3ccc(C(F)(F)F)cc3)c21. The lowest BCUT2D eigenvalue weighted by Gasteiger charge is -2.15. The van der Waals surface area contributed by atoms with E-state index in [4.69, 9.17) is 0 Å². The van der Waals surface area contributed by atoms with Gasteiger partial charge in [0.05, 0.1) is 23.5 Å². The van der Waals surface area contributed by atoms with Crippen molar-refractivity contribution in [1.29, 1.82) is 0 Å². The average molecular weight is 293 g/mol. The Bertz CT molecular complexity index is 668. The maximum atomic E-state index is 12.5. The summed E-state index contributed by atoms with van der Waals surface area (Å²) in [4.78, 5) is 0. The highest BCUT2D eigenvalue weighted by Crippen LogP contribution is 2.30. The van der Waals surface area contributed by atoms with Gasteiger partial charge in [-0.15, -0.1) is 5.10 Å². The Morgan fingerprint density at radius 3 is 2.52 bits per heavy atom. The van der Waals surface area contributed by atoms with E-state index in [1.54, 1.807) is 4.68 Å². The maximum Gasteiger partial charge on any atom is 0.416 e. The number of alkyl halides is 3. The topological polar surface area (TPSA) is 30.7 Å².